The summed E-state index contributed by atoms with van der Waals surface area (Å²) in [4.78, 5) is 0. The van der Waals surface area contributed by atoms with Crippen LogP contribution in [-0.2, 0) is 0 Å². The van der Waals surface area contributed by atoms with Crippen LogP contribution in [0.2, 0.25) is 0 Å². The van der Waals surface area contributed by atoms with Crippen LogP contribution >= 0.6 is 0 Å². The zero-order chi connectivity index (χ0) is 0. The molecule has 0 aromatic carbocycles. The minimum Gasteiger partial charge on any atom is -0.412 e. The van der Waals surface area contributed by atoms with E-state index in [1.165, 1.54) is 0 Å². The summed E-state index contributed by atoms with van der Waals surface area (Å²) in [6.07, 6.45) is 0. The Morgan fingerprint density at radius 2 is 0.0909 bits per heavy atom. The van der Waals surface area contributed by atoms with Crippen LogP contribution in [0.3, 0.4) is 0 Å². The van der Waals surface area contributed by atoms with Crippen molar-refractivity contribution in [3.63, 3.8) is 0 Å². The lowest BCUT2D eigenvalue weighted by atomic mass is 16.0. The molecule has 0 fully saturated rings. The molecule has 22 heteroatoms. The third kappa shape index (κ3) is 4490. The monoisotopic (exact) mass is 444 g/mol. The highest BCUT2D eigenvalue weighted by Crippen LogP contribution is -0.272. The van der Waals surface area contributed by atoms with Gasteiger partial charge >= 0.3 is 0 Å². The summed E-state index contributed by atoms with van der Waals surface area (Å²) in [5.41, 5.74) is 0. The van der Waals surface area contributed by atoms with E-state index in [9.17, 15) is 0 Å². The normalized spacial score (nSPS) is 0. The van der Waals surface area contributed by atoms with Crippen molar-refractivity contribution in [3.05, 3.63) is 0 Å². The van der Waals surface area contributed by atoms with E-state index in [4.69, 9.17) is 0 Å². The summed E-state index contributed by atoms with van der Waals surface area (Å²) in [6.45, 7) is 0. The molecule has 0 aromatic rings. The highest BCUT2D eigenvalue weighted by Gasteiger charge is 0.190. The molecule has 168 valence electrons. The van der Waals surface area contributed by atoms with E-state index in [0.29, 0.717) is 0 Å². The van der Waals surface area contributed by atoms with E-state index in [1.54, 1.807) is 0 Å². The summed E-state index contributed by atoms with van der Waals surface area (Å²) in [6, 6.07) is 0. The molecule has 0 aliphatic heterocycles. The van der Waals surface area contributed by atoms with Crippen molar-refractivity contribution in [2.24, 2.45) is 0 Å². The average molecular weight is 444 g/mol. The zero-order valence-corrected chi connectivity index (χ0v) is 9.00. The fourth-order valence-electron chi connectivity index (χ4n) is 0. The molecule has 18 nitrogen and oxygen atoms in total. The maximum Gasteiger partial charge on any atom is 0.187 e. The maximum absolute atomic E-state index is 0. The first kappa shape index (κ1) is 5910. The number of hydrogen-bond donors (Lipinski definition) is 0. The second-order valence-electron chi connectivity index (χ2n) is 0. The topological polar surface area (TPSA) is 567 Å². The molecule has 0 saturated heterocycles. The Morgan fingerprint density at radius 1 is 0.0909 bits per heavy atom. The van der Waals surface area contributed by atoms with Gasteiger partial charge in [0.1, 0.15) is 0 Å². The summed E-state index contributed by atoms with van der Waals surface area (Å²) >= 11 is 0. The maximum atomic E-state index is 0. The Kier molecular flexibility index (Phi) is 1390000. The Balaban J connectivity index is 0. The smallest absolute Gasteiger partial charge is 0.187 e. The van der Waals surface area contributed by atoms with Gasteiger partial charge in [0.25, 0.3) is 0 Å². The first-order valence-corrected chi connectivity index (χ1v) is 0. The predicted octanol–water partition coefficient (Wildman–Crippen LogP) is -19.6. The third-order valence-electron chi connectivity index (χ3n) is 0. The van der Waals surface area contributed by atoms with Crippen molar-refractivity contribution < 1.29 is 98.6 Å². The van der Waals surface area contributed by atoms with Gasteiger partial charge in [0.2, 0.25) is 0 Å². The van der Waals surface area contributed by atoms with E-state index in [1.807, 2.05) is 0 Å². The highest BCUT2D eigenvalue weighted by molar-refractivity contribution is 5.76. The molecule has 0 aliphatic rings. The van der Waals surface area contributed by atoms with Gasteiger partial charge in [0.05, 0.1) is 0 Å². The molecule has 0 bridgehead atoms. The van der Waals surface area contributed by atoms with Crippen LogP contribution in [0.1, 0.15) is 0 Å². The van der Waals surface area contributed by atoms with Gasteiger partial charge < -0.3 is 98.6 Å². The van der Waals surface area contributed by atoms with Crippen molar-refractivity contribution >= 4 is 69.4 Å². The minimum atomic E-state index is 0. The molecule has 0 unspecified atom stereocenters. The molecule has 0 saturated carbocycles. The zero-order valence-electron chi connectivity index (χ0n) is 9.00. The molecule has 0 amide bonds. The van der Waals surface area contributed by atoms with Gasteiger partial charge in [-0.05, 0) is 0 Å². The fourth-order valence-corrected chi connectivity index (χ4v) is 0. The Labute approximate surface area is 168 Å². The summed E-state index contributed by atoms with van der Waals surface area (Å²) in [7, 11) is 0. The predicted molar refractivity (Wildman–Crippen MR) is 105 cm³/mol. The second kappa shape index (κ2) is 5170. The van der Waals surface area contributed by atoms with Gasteiger partial charge in [0, 0.05) is 0 Å². The Hall–Kier alpha value is 1.41. The van der Waals surface area contributed by atoms with E-state index in [0.717, 1.165) is 0 Å². The number of hydrogen-bond acceptors (Lipinski definition) is 0. The molecule has 0 rings (SSSR count). The van der Waals surface area contributed by atoms with E-state index < -0.39 is 0 Å². The van der Waals surface area contributed by atoms with Gasteiger partial charge in [-0.25, -0.2) is 0 Å². The Morgan fingerprint density at radius 3 is 0.0909 bits per heavy atom. The molecule has 22 heavy (non-hydrogen) atoms. The highest BCUT2D eigenvalue weighted by atomic mass is 27.0. The van der Waals surface area contributed by atoms with Gasteiger partial charge in [-0.3, -0.25) is 0 Å². The minimum absolute atomic E-state index is 0. The third-order valence-corrected chi connectivity index (χ3v) is 0. The van der Waals surface area contributed by atoms with Crippen LogP contribution in [0.25, 0.3) is 0 Å². The molecular weight excluding hydrogens is 396 g/mol. The van der Waals surface area contributed by atoms with E-state index >= 15 is 0 Å². The van der Waals surface area contributed by atoms with Crippen LogP contribution in [-0.4, -0.2) is 168 Å². The van der Waals surface area contributed by atoms with Crippen molar-refractivity contribution in [2.75, 3.05) is 0 Å². The molecule has 0 radical (unpaired) electrons. The quantitative estimate of drug-likeness (QED) is 0.314. The molecule has 0 heterocycles. The first-order valence-electron chi connectivity index (χ1n) is 0. The summed E-state index contributed by atoms with van der Waals surface area (Å²) in [5, 5.41) is 0. The standard InChI is InChI=1S/4Al.18H2O.12H/h;;;;18*1H2;;;;;;;;;;;;. The van der Waals surface area contributed by atoms with Crippen LogP contribution in [0.4, 0.5) is 0 Å². The Bertz CT molecular complexity index is 15.0. The van der Waals surface area contributed by atoms with Gasteiger partial charge in [-0.1, -0.05) is 0 Å². The molecule has 36 N–H and O–H groups in total. The van der Waals surface area contributed by atoms with Gasteiger partial charge in [0.15, 0.2) is 69.4 Å². The SMILES string of the molecule is O.O.O.O.O.O.O.O.O.O.O.O.O.O.O.O.O.O.[AlH3].[AlH3].[AlH3].[AlH3]. The first-order chi connectivity index (χ1) is 0. The van der Waals surface area contributed by atoms with Crippen LogP contribution in [0.5, 0.6) is 0 Å². The second-order valence-corrected chi connectivity index (χ2v) is 0. The molecule has 0 spiro atoms. The van der Waals surface area contributed by atoms with Crippen LogP contribution in [0, 0.1) is 0 Å². The molecular formula is H48Al4O18. The lowest BCUT2D eigenvalue weighted by Gasteiger charge is -0.413. The van der Waals surface area contributed by atoms with Crippen molar-refractivity contribution in [1.29, 1.82) is 0 Å². The van der Waals surface area contributed by atoms with Crippen molar-refractivity contribution in [3.8, 4) is 0 Å². The molecule has 0 aromatic heterocycles. The molecule has 0 aliphatic carbocycles. The molecule has 0 atom stereocenters. The van der Waals surface area contributed by atoms with Gasteiger partial charge in [-0.15, -0.1) is 0 Å². The van der Waals surface area contributed by atoms with Gasteiger partial charge in [-0.2, -0.15) is 0 Å². The summed E-state index contributed by atoms with van der Waals surface area (Å²) < 4.78 is 0. The lowest BCUT2D eigenvalue weighted by molar-refractivity contribution is 0.823. The van der Waals surface area contributed by atoms with Crippen LogP contribution in [0.15, 0.2) is 0 Å². The van der Waals surface area contributed by atoms with Crippen LogP contribution < -0.4 is 0 Å². The summed E-state index contributed by atoms with van der Waals surface area (Å²) in [5.74, 6) is 0. The van der Waals surface area contributed by atoms with E-state index in [2.05, 4.69) is 0 Å². The number of rotatable bonds is 0. The average Bonchev–Trinajstić information content (AvgIpc) is 0. The lowest BCUT2D eigenvalue weighted by Crippen LogP contribution is -0.382. The van der Waals surface area contributed by atoms with E-state index in [-0.39, 0.29) is 168 Å². The fraction of sp³-hybridized carbons (Fsp3) is 0. The largest absolute Gasteiger partial charge is 0.412 e. The van der Waals surface area contributed by atoms with Crippen molar-refractivity contribution in [1.82, 2.24) is 0 Å². The van der Waals surface area contributed by atoms with Crippen molar-refractivity contribution in [2.45, 2.75) is 0 Å².